The fourth-order valence-electron chi connectivity index (χ4n) is 9.32. The van der Waals surface area contributed by atoms with Crippen molar-refractivity contribution < 1.29 is 42.5 Å². The first-order valence-corrected chi connectivity index (χ1v) is 20.0. The van der Waals surface area contributed by atoms with E-state index in [9.17, 15) is 19.2 Å². The van der Waals surface area contributed by atoms with E-state index in [1.165, 1.54) is 20.3 Å². The second-order valence-electron chi connectivity index (χ2n) is 15.9. The van der Waals surface area contributed by atoms with Crippen LogP contribution in [0.1, 0.15) is 77.3 Å². The molecule has 1 saturated heterocycles. The van der Waals surface area contributed by atoms with Crippen molar-refractivity contribution in [3.8, 4) is 34.3 Å². The number of nitrogens with zero attached hydrogens (tertiary/aromatic N) is 2. The number of carbonyl (C=O) groups excluding carboxylic acids is 4. The minimum atomic E-state index is -2.03. The second-order valence-corrected chi connectivity index (χ2v) is 16.3. The number of furan rings is 1. The summed E-state index contributed by atoms with van der Waals surface area (Å²) in [5, 5.41) is 3.06. The first-order chi connectivity index (χ1) is 27.8. The zero-order chi connectivity index (χ0) is 41.2. The van der Waals surface area contributed by atoms with Crippen molar-refractivity contribution in [1.29, 1.82) is 0 Å². The number of pyridine rings is 1. The standard InChI is InChI=1S/C44H46ClN3O10/c1-7-22(2)38(43(53)47-19-24-16-26(21-47)29-9-8-10-34(50)48(29)20-24)46-33(49)17-28-35-31(57-39(28)25-11-13-27(54-4)14-12-25)15-23(3)44(41(35)51)42(52)36-30(55-5)18-32(56-6)37(45)40(36)58-44/h8-14,18,22-24,26,38H,7,15-17,19-21H2,1-6H3,(H,46,49). The van der Waals surface area contributed by atoms with E-state index in [2.05, 4.69) is 5.32 Å². The highest BCUT2D eigenvalue weighted by atomic mass is 35.5. The Morgan fingerprint density at radius 3 is 2.38 bits per heavy atom. The summed E-state index contributed by atoms with van der Waals surface area (Å²) in [6.07, 6.45) is 1.29. The van der Waals surface area contributed by atoms with Crippen LogP contribution in [0.15, 0.2) is 57.7 Å². The van der Waals surface area contributed by atoms with Gasteiger partial charge in [0.2, 0.25) is 29.0 Å². The number of hydrogen-bond donors (Lipinski definition) is 1. The molecule has 14 heteroatoms. The Balaban J connectivity index is 1.14. The number of Topliss-reactive ketones (excluding diaryl/α,β-unsaturated/α-hetero) is 2. The predicted octanol–water partition coefficient (Wildman–Crippen LogP) is 5.90. The van der Waals surface area contributed by atoms with Crippen LogP contribution in [0.5, 0.6) is 23.0 Å². The summed E-state index contributed by atoms with van der Waals surface area (Å²) in [5.74, 6) is -1.27. The molecule has 2 aromatic carbocycles. The number of halogens is 1. The minimum absolute atomic E-state index is 0.00598. The molecule has 13 nitrogen and oxygen atoms in total. The quantitative estimate of drug-likeness (QED) is 0.192. The van der Waals surface area contributed by atoms with Crippen molar-refractivity contribution in [2.24, 2.45) is 17.8 Å². The SMILES string of the molecule is CCC(C)C(NC(=O)Cc1c(-c2ccc(OC)cc2)oc2c1C(=O)C1(Oc3c(Cl)c(OC)cc(OC)c3C1=O)C(C)C2)C(=O)N1CC2CC(C1)c1cccc(=O)n1C2. The van der Waals surface area contributed by atoms with Crippen molar-refractivity contribution in [2.45, 2.75) is 70.6 Å². The number of nitrogens with one attached hydrogen (secondary N) is 1. The van der Waals surface area contributed by atoms with E-state index >= 15 is 4.79 Å². The third-order valence-corrected chi connectivity index (χ3v) is 12.9. The number of ether oxygens (including phenoxy) is 4. The zero-order valence-corrected chi connectivity index (χ0v) is 34.1. The summed E-state index contributed by atoms with van der Waals surface area (Å²) in [7, 11) is 4.37. The van der Waals surface area contributed by atoms with Crippen LogP contribution in [0.3, 0.4) is 0 Å². The number of ketones is 2. The Bertz CT molecular complexity index is 2400. The van der Waals surface area contributed by atoms with E-state index in [1.54, 1.807) is 50.4 Å². The van der Waals surface area contributed by atoms with Crippen LogP contribution >= 0.6 is 11.6 Å². The maximum absolute atomic E-state index is 15.1. The van der Waals surface area contributed by atoms with Gasteiger partial charge in [0.05, 0.1) is 33.3 Å². The Labute approximate surface area is 340 Å². The van der Waals surface area contributed by atoms with E-state index in [0.717, 1.165) is 12.1 Å². The monoisotopic (exact) mass is 811 g/mol. The van der Waals surface area contributed by atoms with Crippen LogP contribution in [0.25, 0.3) is 11.3 Å². The van der Waals surface area contributed by atoms with Crippen LogP contribution in [0.4, 0.5) is 0 Å². The summed E-state index contributed by atoms with van der Waals surface area (Å²) in [6.45, 7) is 7.07. The smallest absolute Gasteiger partial charge is 0.250 e. The topological polar surface area (TPSA) is 156 Å². The summed E-state index contributed by atoms with van der Waals surface area (Å²) in [4.78, 5) is 72.9. The van der Waals surface area contributed by atoms with Gasteiger partial charge in [-0.05, 0) is 48.6 Å². The number of fused-ring (bicyclic) bond motifs is 6. The third-order valence-electron chi connectivity index (χ3n) is 12.5. The molecule has 0 radical (unpaired) electrons. The Morgan fingerprint density at radius 1 is 0.966 bits per heavy atom. The first-order valence-electron chi connectivity index (χ1n) is 19.6. The van der Waals surface area contributed by atoms with Gasteiger partial charge >= 0.3 is 0 Å². The Morgan fingerprint density at radius 2 is 1.69 bits per heavy atom. The van der Waals surface area contributed by atoms with Gasteiger partial charge < -0.3 is 38.1 Å². The molecule has 2 amide bonds. The summed E-state index contributed by atoms with van der Waals surface area (Å²) in [5.41, 5.74) is -0.196. The lowest BCUT2D eigenvalue weighted by Crippen LogP contribution is -2.57. The van der Waals surface area contributed by atoms with Crippen LogP contribution in [-0.2, 0) is 29.0 Å². The number of likely N-dealkylation sites (tertiary alicyclic amines) is 1. The first kappa shape index (κ1) is 39.3. The third kappa shape index (κ3) is 6.16. The van der Waals surface area contributed by atoms with Gasteiger partial charge in [-0.25, -0.2) is 0 Å². The van der Waals surface area contributed by atoms with Crippen LogP contribution < -0.4 is 29.8 Å². The second kappa shape index (κ2) is 15.0. The van der Waals surface area contributed by atoms with Gasteiger partial charge in [-0.15, -0.1) is 0 Å². The molecule has 6 unspecified atom stereocenters. The molecule has 4 aromatic rings. The van der Waals surface area contributed by atoms with Crippen molar-refractivity contribution >= 4 is 35.0 Å². The fraction of sp³-hybridized carbons (Fsp3) is 0.432. The van der Waals surface area contributed by atoms with Gasteiger partial charge in [0.25, 0.3) is 5.56 Å². The summed E-state index contributed by atoms with van der Waals surface area (Å²) < 4.78 is 31.0. The lowest BCUT2D eigenvalue weighted by atomic mass is 9.70. The molecule has 3 aliphatic heterocycles. The number of benzene rings is 2. The van der Waals surface area contributed by atoms with Gasteiger partial charge in [-0.2, -0.15) is 0 Å². The molecule has 2 bridgehead atoms. The molecule has 0 saturated carbocycles. The van der Waals surface area contributed by atoms with Crippen molar-refractivity contribution in [1.82, 2.24) is 14.8 Å². The van der Waals surface area contributed by atoms with Gasteiger partial charge in [0.1, 0.15) is 45.4 Å². The maximum atomic E-state index is 15.1. The lowest BCUT2D eigenvalue weighted by molar-refractivity contribution is -0.140. The molecule has 2 aromatic heterocycles. The molecule has 1 N–H and O–H groups in total. The van der Waals surface area contributed by atoms with Gasteiger partial charge in [0.15, 0.2) is 5.75 Å². The highest BCUT2D eigenvalue weighted by Gasteiger charge is 2.63. The molecule has 5 heterocycles. The largest absolute Gasteiger partial charge is 0.497 e. The summed E-state index contributed by atoms with van der Waals surface area (Å²) in [6, 6.07) is 12.9. The van der Waals surface area contributed by atoms with Gasteiger partial charge in [-0.3, -0.25) is 24.0 Å². The average Bonchev–Trinajstić information content (AvgIpc) is 3.74. The lowest BCUT2D eigenvalue weighted by Gasteiger charge is -2.44. The highest BCUT2D eigenvalue weighted by molar-refractivity contribution is 6.36. The normalized spacial score (nSPS) is 22.7. The van der Waals surface area contributed by atoms with Crippen molar-refractivity contribution in [3.05, 3.63) is 92.1 Å². The predicted molar refractivity (Wildman–Crippen MR) is 213 cm³/mol. The minimum Gasteiger partial charge on any atom is -0.497 e. The number of methoxy groups -OCH3 is 3. The average molecular weight is 812 g/mol. The molecule has 1 spiro atoms. The van der Waals surface area contributed by atoms with Crippen LogP contribution in [0.2, 0.25) is 5.02 Å². The Kier molecular flexibility index (Phi) is 10.1. The van der Waals surface area contributed by atoms with Crippen LogP contribution in [-0.4, -0.2) is 78.9 Å². The molecule has 304 valence electrons. The molecule has 58 heavy (non-hydrogen) atoms. The summed E-state index contributed by atoms with van der Waals surface area (Å²) >= 11 is 6.68. The van der Waals surface area contributed by atoms with E-state index in [4.69, 9.17) is 35.0 Å². The number of rotatable bonds is 10. The highest BCUT2D eigenvalue weighted by Crippen LogP contribution is 2.54. The van der Waals surface area contributed by atoms with E-state index in [-0.39, 0.29) is 86.8 Å². The molecule has 8 rings (SSSR count). The van der Waals surface area contributed by atoms with E-state index < -0.39 is 35.0 Å². The zero-order valence-electron chi connectivity index (χ0n) is 33.3. The number of piperidine rings is 1. The fourth-order valence-corrected chi connectivity index (χ4v) is 9.58. The van der Waals surface area contributed by atoms with E-state index in [0.29, 0.717) is 43.1 Å². The van der Waals surface area contributed by atoms with Gasteiger partial charge in [-0.1, -0.05) is 44.9 Å². The van der Waals surface area contributed by atoms with Crippen molar-refractivity contribution in [3.63, 3.8) is 0 Å². The molecule has 1 aliphatic carbocycles. The molecular weight excluding hydrogens is 766 g/mol. The number of aromatic nitrogens is 1. The molecule has 4 aliphatic rings. The Hall–Kier alpha value is -5.56. The number of amides is 2. The maximum Gasteiger partial charge on any atom is 0.250 e. The molecular formula is C44H46ClN3O10. The van der Waals surface area contributed by atoms with Gasteiger partial charge in [0, 0.05) is 66.8 Å². The van der Waals surface area contributed by atoms with Crippen molar-refractivity contribution in [2.75, 3.05) is 34.4 Å². The van der Waals surface area contributed by atoms with Crippen LogP contribution in [0, 0.1) is 17.8 Å². The number of hydrogen-bond acceptors (Lipinski definition) is 10. The van der Waals surface area contributed by atoms with E-state index in [1.807, 2.05) is 29.4 Å². The number of carbonyl (C=O) groups is 4. The molecule has 1 fully saturated rings. The molecule has 6 atom stereocenters.